The van der Waals surface area contributed by atoms with Gasteiger partial charge in [0.05, 0.1) is 11.1 Å². The number of hydrogen-bond donors (Lipinski definition) is 2. The van der Waals surface area contributed by atoms with Gasteiger partial charge in [0.15, 0.2) is 0 Å². The van der Waals surface area contributed by atoms with Crippen molar-refractivity contribution in [1.82, 2.24) is 10.2 Å². The van der Waals surface area contributed by atoms with E-state index < -0.39 is 23.8 Å². The van der Waals surface area contributed by atoms with Crippen LogP contribution in [0.3, 0.4) is 0 Å². The molecule has 2 saturated heterocycles. The van der Waals surface area contributed by atoms with E-state index in [9.17, 15) is 19.2 Å². The fraction of sp³-hybridized carbons (Fsp3) is 0.524. The molecule has 8 nitrogen and oxygen atoms in total. The van der Waals surface area contributed by atoms with E-state index in [4.69, 9.17) is 5.73 Å². The Bertz CT molecular complexity index is 899. The van der Waals surface area contributed by atoms with Crippen LogP contribution in [-0.4, -0.2) is 53.7 Å². The van der Waals surface area contributed by atoms with E-state index in [1.807, 2.05) is 6.07 Å². The number of rotatable bonds is 3. The van der Waals surface area contributed by atoms with E-state index in [0.29, 0.717) is 35.5 Å². The first-order chi connectivity index (χ1) is 13.8. The van der Waals surface area contributed by atoms with Crippen LogP contribution in [0.4, 0.5) is 5.69 Å². The molecule has 0 spiro atoms. The lowest BCUT2D eigenvalue weighted by atomic mass is 9.83. The second-order valence-corrected chi connectivity index (χ2v) is 8.39. The SMILES string of the molecule is CC1CC(C)N(c2ccc3c(c2)C(=O)N(C2CCC(=O)NC2=O)C3=O)CC1CN. The zero-order valence-corrected chi connectivity index (χ0v) is 16.7. The summed E-state index contributed by atoms with van der Waals surface area (Å²) in [6, 6.07) is 4.63. The van der Waals surface area contributed by atoms with Crippen molar-refractivity contribution in [2.24, 2.45) is 17.6 Å². The summed E-state index contributed by atoms with van der Waals surface area (Å²) in [5.41, 5.74) is 7.44. The Kier molecular flexibility index (Phi) is 4.90. The van der Waals surface area contributed by atoms with Crippen LogP contribution in [0.15, 0.2) is 18.2 Å². The fourth-order valence-corrected chi connectivity index (χ4v) is 4.77. The molecule has 4 atom stereocenters. The highest BCUT2D eigenvalue weighted by atomic mass is 16.2. The Morgan fingerprint density at radius 2 is 1.83 bits per heavy atom. The second-order valence-electron chi connectivity index (χ2n) is 8.39. The maximum absolute atomic E-state index is 13.0. The minimum Gasteiger partial charge on any atom is -0.368 e. The van der Waals surface area contributed by atoms with Gasteiger partial charge in [-0.2, -0.15) is 0 Å². The molecule has 154 valence electrons. The average Bonchev–Trinajstić information content (AvgIpc) is 2.92. The highest BCUT2D eigenvalue weighted by Crippen LogP contribution is 2.35. The van der Waals surface area contributed by atoms with Gasteiger partial charge in [-0.05, 0) is 56.3 Å². The molecule has 2 fully saturated rings. The first-order valence-corrected chi connectivity index (χ1v) is 10.1. The number of amides is 4. The van der Waals surface area contributed by atoms with Crippen molar-refractivity contribution in [3.63, 3.8) is 0 Å². The third kappa shape index (κ3) is 3.21. The van der Waals surface area contributed by atoms with Gasteiger partial charge in [0, 0.05) is 24.7 Å². The van der Waals surface area contributed by atoms with Crippen molar-refractivity contribution >= 4 is 29.3 Å². The Morgan fingerprint density at radius 3 is 2.52 bits per heavy atom. The molecule has 0 aromatic heterocycles. The molecular weight excluding hydrogens is 372 g/mol. The number of nitrogens with zero attached hydrogens (tertiary/aromatic N) is 2. The van der Waals surface area contributed by atoms with Gasteiger partial charge in [0.25, 0.3) is 11.8 Å². The average molecular weight is 398 g/mol. The lowest BCUT2D eigenvalue weighted by Crippen LogP contribution is -2.54. The number of nitrogens with one attached hydrogen (secondary N) is 1. The number of carbonyl (C=O) groups is 4. The zero-order valence-electron chi connectivity index (χ0n) is 16.7. The maximum atomic E-state index is 13.0. The van der Waals surface area contributed by atoms with Gasteiger partial charge >= 0.3 is 0 Å². The molecule has 0 radical (unpaired) electrons. The first kappa shape index (κ1) is 19.6. The van der Waals surface area contributed by atoms with E-state index in [-0.39, 0.29) is 18.7 Å². The van der Waals surface area contributed by atoms with Crippen molar-refractivity contribution in [3.05, 3.63) is 29.3 Å². The first-order valence-electron chi connectivity index (χ1n) is 10.1. The topological polar surface area (TPSA) is 113 Å². The molecule has 1 aromatic rings. The molecule has 0 bridgehead atoms. The Hall–Kier alpha value is -2.74. The number of fused-ring (bicyclic) bond motifs is 1. The van der Waals surface area contributed by atoms with Crippen LogP contribution in [0, 0.1) is 11.8 Å². The van der Waals surface area contributed by atoms with Crippen molar-refractivity contribution < 1.29 is 19.2 Å². The van der Waals surface area contributed by atoms with Gasteiger partial charge < -0.3 is 10.6 Å². The fourth-order valence-electron chi connectivity index (χ4n) is 4.77. The zero-order chi connectivity index (χ0) is 20.9. The molecular formula is C21H26N4O4. The molecule has 3 heterocycles. The van der Waals surface area contributed by atoms with Gasteiger partial charge in [-0.1, -0.05) is 6.92 Å². The lowest BCUT2D eigenvalue weighted by Gasteiger charge is -2.43. The van der Waals surface area contributed by atoms with Crippen molar-refractivity contribution in [2.75, 3.05) is 18.0 Å². The minimum atomic E-state index is -0.945. The van der Waals surface area contributed by atoms with Gasteiger partial charge in [-0.3, -0.25) is 29.4 Å². The Morgan fingerprint density at radius 1 is 1.10 bits per heavy atom. The number of imide groups is 2. The summed E-state index contributed by atoms with van der Waals surface area (Å²) in [7, 11) is 0. The monoisotopic (exact) mass is 398 g/mol. The largest absolute Gasteiger partial charge is 0.368 e. The number of piperidine rings is 2. The maximum Gasteiger partial charge on any atom is 0.262 e. The molecule has 4 amide bonds. The van der Waals surface area contributed by atoms with Gasteiger partial charge in [0.2, 0.25) is 11.8 Å². The van der Waals surface area contributed by atoms with Gasteiger partial charge in [0.1, 0.15) is 6.04 Å². The van der Waals surface area contributed by atoms with E-state index in [2.05, 4.69) is 24.1 Å². The van der Waals surface area contributed by atoms with Crippen molar-refractivity contribution in [2.45, 2.75) is 45.2 Å². The number of nitrogens with two attached hydrogens (primary N) is 1. The van der Waals surface area contributed by atoms with E-state index >= 15 is 0 Å². The lowest BCUT2D eigenvalue weighted by molar-refractivity contribution is -0.136. The number of carbonyl (C=O) groups excluding carboxylic acids is 4. The predicted molar refractivity (Wildman–Crippen MR) is 106 cm³/mol. The highest BCUT2D eigenvalue weighted by molar-refractivity contribution is 6.23. The number of anilines is 1. The van der Waals surface area contributed by atoms with Crippen LogP contribution in [0.25, 0.3) is 0 Å². The van der Waals surface area contributed by atoms with Crippen LogP contribution >= 0.6 is 0 Å². The van der Waals surface area contributed by atoms with Crippen LogP contribution in [0.2, 0.25) is 0 Å². The van der Waals surface area contributed by atoms with E-state index in [0.717, 1.165) is 23.6 Å². The minimum absolute atomic E-state index is 0.110. The summed E-state index contributed by atoms with van der Waals surface area (Å²) in [5.74, 6) is -1.03. The molecule has 4 rings (SSSR count). The molecule has 0 aliphatic carbocycles. The predicted octanol–water partition coefficient (Wildman–Crippen LogP) is 0.897. The van der Waals surface area contributed by atoms with E-state index in [1.54, 1.807) is 12.1 Å². The van der Waals surface area contributed by atoms with Crippen LogP contribution in [0.1, 0.15) is 53.8 Å². The smallest absolute Gasteiger partial charge is 0.262 e. The Balaban J connectivity index is 1.62. The van der Waals surface area contributed by atoms with Crippen LogP contribution in [0.5, 0.6) is 0 Å². The molecule has 1 aromatic carbocycles. The van der Waals surface area contributed by atoms with Gasteiger partial charge in [-0.15, -0.1) is 0 Å². The van der Waals surface area contributed by atoms with E-state index in [1.165, 1.54) is 0 Å². The third-order valence-corrected chi connectivity index (χ3v) is 6.54. The summed E-state index contributed by atoms with van der Waals surface area (Å²) in [6.07, 6.45) is 1.27. The molecule has 0 saturated carbocycles. The van der Waals surface area contributed by atoms with Crippen molar-refractivity contribution in [3.8, 4) is 0 Å². The van der Waals surface area contributed by atoms with Gasteiger partial charge in [-0.25, -0.2) is 0 Å². The molecule has 29 heavy (non-hydrogen) atoms. The molecule has 8 heteroatoms. The number of benzene rings is 1. The molecule has 3 N–H and O–H groups in total. The molecule has 4 unspecified atom stereocenters. The third-order valence-electron chi connectivity index (χ3n) is 6.54. The molecule has 3 aliphatic heterocycles. The van der Waals surface area contributed by atoms with Crippen molar-refractivity contribution in [1.29, 1.82) is 0 Å². The van der Waals surface area contributed by atoms with Crippen LogP contribution in [-0.2, 0) is 9.59 Å². The highest BCUT2D eigenvalue weighted by Gasteiger charge is 2.45. The van der Waals surface area contributed by atoms with Crippen LogP contribution < -0.4 is 16.0 Å². The summed E-state index contributed by atoms with van der Waals surface area (Å²) in [6.45, 7) is 5.78. The number of hydrogen-bond acceptors (Lipinski definition) is 6. The quantitative estimate of drug-likeness (QED) is 0.732. The molecule has 3 aliphatic rings. The summed E-state index contributed by atoms with van der Waals surface area (Å²) >= 11 is 0. The second kappa shape index (κ2) is 7.26. The normalized spacial score (nSPS) is 29.9. The summed E-state index contributed by atoms with van der Waals surface area (Å²) in [5, 5.41) is 2.21. The summed E-state index contributed by atoms with van der Waals surface area (Å²) < 4.78 is 0. The standard InChI is InChI=1S/C21H26N4O4/c1-11-7-12(2)24(10-13(11)9-22)14-3-4-15-16(8-14)21(29)25(20(15)28)17-5-6-18(26)23-19(17)27/h3-4,8,11-13,17H,5-7,9-10,22H2,1-2H3,(H,23,26,27). The Labute approximate surface area is 169 Å². The summed E-state index contributed by atoms with van der Waals surface area (Å²) in [4.78, 5) is 52.7.